The molecule has 198 valence electrons. The smallest absolute Gasteiger partial charge is 0.350 e. The number of allylic oxidation sites excluding steroid dienone is 2. The minimum Gasteiger partial charge on any atom is -0.476 e. The summed E-state index contributed by atoms with van der Waals surface area (Å²) in [6.45, 7) is 10.3. The fraction of sp³-hybridized carbons (Fsp3) is 0.633. The number of ether oxygens (including phenoxy) is 3. The summed E-state index contributed by atoms with van der Waals surface area (Å²) in [4.78, 5) is 13.4. The summed E-state index contributed by atoms with van der Waals surface area (Å²) in [5.41, 5.74) is 2.00. The van der Waals surface area contributed by atoms with Crippen molar-refractivity contribution < 1.29 is 29.2 Å². The van der Waals surface area contributed by atoms with Crippen LogP contribution in [0.3, 0.4) is 0 Å². The number of benzene rings is 1. The number of hydrogen-bond donors (Lipinski definition) is 2. The van der Waals surface area contributed by atoms with E-state index in [-0.39, 0.29) is 24.0 Å². The number of carbonyl (C=O) groups excluding carboxylic acids is 1. The largest absolute Gasteiger partial charge is 0.476 e. The molecule has 0 amide bonds. The lowest BCUT2D eigenvalue weighted by atomic mass is 9.66. The summed E-state index contributed by atoms with van der Waals surface area (Å²) in [6.07, 6.45) is 8.33. The van der Waals surface area contributed by atoms with Crippen molar-refractivity contribution in [3.05, 3.63) is 53.1 Å². The molecule has 7 atom stereocenters. The molecule has 2 aliphatic carbocycles. The predicted molar refractivity (Wildman–Crippen MR) is 139 cm³/mol. The van der Waals surface area contributed by atoms with Crippen molar-refractivity contribution >= 4 is 5.97 Å². The van der Waals surface area contributed by atoms with E-state index in [9.17, 15) is 15.0 Å². The summed E-state index contributed by atoms with van der Waals surface area (Å²) in [7, 11) is 0. The van der Waals surface area contributed by atoms with Gasteiger partial charge >= 0.3 is 5.97 Å². The summed E-state index contributed by atoms with van der Waals surface area (Å²) in [5, 5.41) is 20.6. The quantitative estimate of drug-likeness (QED) is 0.524. The number of carbonyl (C=O) groups is 1. The highest BCUT2D eigenvalue weighted by Crippen LogP contribution is 2.44. The average molecular weight is 499 g/mol. The maximum absolute atomic E-state index is 13.4. The highest BCUT2D eigenvalue weighted by atomic mass is 16.6. The van der Waals surface area contributed by atoms with Crippen LogP contribution >= 0.6 is 0 Å². The van der Waals surface area contributed by atoms with Crippen molar-refractivity contribution in [3.63, 3.8) is 0 Å². The number of aryl methyl sites for hydroxylation is 2. The lowest BCUT2D eigenvalue weighted by Gasteiger charge is -2.43. The van der Waals surface area contributed by atoms with Crippen LogP contribution in [0.1, 0.15) is 64.0 Å². The third-order valence-corrected chi connectivity index (χ3v) is 7.85. The minimum absolute atomic E-state index is 0.00267. The number of aliphatic hydroxyl groups excluding tert-OH is 2. The van der Waals surface area contributed by atoms with Gasteiger partial charge in [-0.2, -0.15) is 0 Å². The SMILES string of the molecule is Cc1cc(C)cc(OC(C)(C)C(=O)O[C@H]2C[C@H](O)C=C3C=C[C@H](C)[C@H](CC[C@@H]4C[C@H](O)CCO4)[C@H]32)c1. The van der Waals surface area contributed by atoms with Gasteiger partial charge in [0.25, 0.3) is 0 Å². The normalized spacial score (nSPS) is 32.4. The van der Waals surface area contributed by atoms with Crippen molar-refractivity contribution in [3.8, 4) is 5.75 Å². The van der Waals surface area contributed by atoms with Gasteiger partial charge in [-0.05, 0) is 94.0 Å². The van der Waals surface area contributed by atoms with Gasteiger partial charge in [0.1, 0.15) is 11.9 Å². The van der Waals surface area contributed by atoms with Crippen LogP contribution in [0.25, 0.3) is 0 Å². The van der Waals surface area contributed by atoms with Gasteiger partial charge in [0.15, 0.2) is 5.60 Å². The van der Waals surface area contributed by atoms with Gasteiger partial charge in [0.05, 0.1) is 18.3 Å². The molecule has 3 aliphatic rings. The van der Waals surface area contributed by atoms with E-state index in [1.165, 1.54) is 0 Å². The number of aliphatic hydroxyl groups is 2. The highest BCUT2D eigenvalue weighted by molar-refractivity contribution is 5.79. The molecular weight excluding hydrogens is 456 g/mol. The van der Waals surface area contributed by atoms with Crippen LogP contribution in [0.5, 0.6) is 5.75 Å². The first-order chi connectivity index (χ1) is 17.0. The van der Waals surface area contributed by atoms with E-state index in [1.54, 1.807) is 13.8 Å². The Labute approximate surface area is 215 Å². The second-order valence-electron chi connectivity index (χ2n) is 11.5. The number of esters is 1. The maximum atomic E-state index is 13.4. The van der Waals surface area contributed by atoms with Gasteiger partial charge < -0.3 is 24.4 Å². The van der Waals surface area contributed by atoms with Crippen molar-refractivity contribution in [2.24, 2.45) is 17.8 Å². The van der Waals surface area contributed by atoms with E-state index in [2.05, 4.69) is 25.1 Å². The molecule has 2 N–H and O–H groups in total. The number of fused-ring (bicyclic) bond motifs is 1. The Morgan fingerprint density at radius 3 is 2.53 bits per heavy atom. The fourth-order valence-corrected chi connectivity index (χ4v) is 6.03. The molecule has 0 radical (unpaired) electrons. The molecule has 0 bridgehead atoms. The van der Waals surface area contributed by atoms with Crippen molar-refractivity contribution in [1.82, 2.24) is 0 Å². The van der Waals surface area contributed by atoms with E-state index < -0.39 is 23.8 Å². The van der Waals surface area contributed by atoms with Gasteiger partial charge in [0.2, 0.25) is 0 Å². The Bertz CT molecular complexity index is 975. The topological polar surface area (TPSA) is 85.2 Å². The molecule has 4 rings (SSSR count). The molecule has 0 unspecified atom stereocenters. The van der Waals surface area contributed by atoms with Crippen molar-refractivity contribution in [2.75, 3.05) is 6.61 Å². The summed E-state index contributed by atoms with van der Waals surface area (Å²) < 4.78 is 18.2. The molecule has 0 spiro atoms. The molecule has 1 aromatic carbocycles. The molecule has 6 nitrogen and oxygen atoms in total. The standard InChI is InChI=1S/C30H42O6/c1-18-12-19(2)14-25(13-18)36-30(4,5)29(33)35-27-17-23(32)15-21-7-6-20(3)26(28(21)27)9-8-24-16-22(31)10-11-34-24/h6-7,12-15,20,22-24,26-28,31-32H,8-11,16-17H2,1-5H3/t20-,22+,23+,24+,26-,27-,28-/m0/s1. The van der Waals surface area contributed by atoms with E-state index >= 15 is 0 Å². The van der Waals surface area contributed by atoms with Gasteiger partial charge in [0, 0.05) is 18.9 Å². The summed E-state index contributed by atoms with van der Waals surface area (Å²) in [5.74, 6) is 0.762. The second kappa shape index (κ2) is 11.1. The molecule has 1 aliphatic heterocycles. The van der Waals surface area contributed by atoms with Crippen molar-refractivity contribution in [1.29, 1.82) is 0 Å². The van der Waals surface area contributed by atoms with Gasteiger partial charge in [-0.1, -0.05) is 31.2 Å². The first kappa shape index (κ1) is 26.9. The minimum atomic E-state index is -1.18. The Balaban J connectivity index is 1.49. The van der Waals surface area contributed by atoms with Gasteiger partial charge in [-0.15, -0.1) is 0 Å². The van der Waals surface area contributed by atoms with E-state index in [0.29, 0.717) is 37.5 Å². The van der Waals surface area contributed by atoms with Gasteiger partial charge in [-0.25, -0.2) is 4.79 Å². The summed E-state index contributed by atoms with van der Waals surface area (Å²) in [6, 6.07) is 5.90. The monoisotopic (exact) mass is 498 g/mol. The Kier molecular flexibility index (Phi) is 8.28. The zero-order chi connectivity index (χ0) is 26.0. The average Bonchev–Trinajstić information content (AvgIpc) is 2.77. The molecule has 6 heteroatoms. The molecule has 1 fully saturated rings. The third kappa shape index (κ3) is 6.39. The van der Waals surface area contributed by atoms with E-state index in [4.69, 9.17) is 14.2 Å². The Morgan fingerprint density at radius 1 is 1.11 bits per heavy atom. The molecule has 36 heavy (non-hydrogen) atoms. The second-order valence-corrected chi connectivity index (χ2v) is 11.5. The molecule has 1 heterocycles. The van der Waals surface area contributed by atoms with Crippen LogP contribution < -0.4 is 4.74 Å². The molecule has 0 aromatic heterocycles. The first-order valence-electron chi connectivity index (χ1n) is 13.4. The fourth-order valence-electron chi connectivity index (χ4n) is 6.03. The van der Waals surface area contributed by atoms with Crippen molar-refractivity contribution in [2.45, 2.75) is 96.7 Å². The van der Waals surface area contributed by atoms with Crippen LogP contribution in [0, 0.1) is 31.6 Å². The van der Waals surface area contributed by atoms with Crippen LogP contribution in [0.4, 0.5) is 0 Å². The molecule has 0 saturated carbocycles. The lowest BCUT2D eigenvalue weighted by molar-refractivity contribution is -0.170. The van der Waals surface area contributed by atoms with Crippen LogP contribution in [0.15, 0.2) is 42.0 Å². The zero-order valence-electron chi connectivity index (χ0n) is 22.3. The summed E-state index contributed by atoms with van der Waals surface area (Å²) >= 11 is 0. The predicted octanol–water partition coefficient (Wildman–Crippen LogP) is 4.82. The third-order valence-electron chi connectivity index (χ3n) is 7.85. The zero-order valence-corrected chi connectivity index (χ0v) is 22.3. The molecule has 1 aromatic rings. The van der Waals surface area contributed by atoms with Crippen LogP contribution in [-0.2, 0) is 14.3 Å². The number of rotatable bonds is 7. The van der Waals surface area contributed by atoms with Gasteiger partial charge in [-0.3, -0.25) is 0 Å². The van der Waals surface area contributed by atoms with Crippen LogP contribution in [-0.4, -0.2) is 52.8 Å². The van der Waals surface area contributed by atoms with E-state index in [0.717, 1.165) is 29.5 Å². The Hall–Kier alpha value is -2.15. The number of hydrogen-bond acceptors (Lipinski definition) is 6. The molecule has 1 saturated heterocycles. The maximum Gasteiger partial charge on any atom is 0.350 e. The molecular formula is C30H42O6. The Morgan fingerprint density at radius 2 is 1.83 bits per heavy atom. The van der Waals surface area contributed by atoms with Crippen LogP contribution in [0.2, 0.25) is 0 Å². The van der Waals surface area contributed by atoms with E-state index in [1.807, 2.05) is 32.1 Å². The highest BCUT2D eigenvalue weighted by Gasteiger charge is 2.44. The lowest BCUT2D eigenvalue weighted by Crippen LogP contribution is -2.47. The first-order valence-corrected chi connectivity index (χ1v) is 13.4.